The van der Waals surface area contributed by atoms with Gasteiger partial charge in [0.15, 0.2) is 0 Å². The van der Waals surface area contributed by atoms with Gasteiger partial charge >= 0.3 is 7.12 Å². The average molecular weight is 336 g/mol. The minimum absolute atomic E-state index is 0.0394. The lowest BCUT2D eigenvalue weighted by Gasteiger charge is -2.37. The molecule has 4 nitrogen and oxygen atoms in total. The summed E-state index contributed by atoms with van der Waals surface area (Å²) < 4.78 is 12.1. The Kier molecular flexibility index (Phi) is 4.02. The summed E-state index contributed by atoms with van der Waals surface area (Å²) in [5, 5.41) is 0.553. The summed E-state index contributed by atoms with van der Waals surface area (Å²) in [7, 11) is -0.560. The van der Waals surface area contributed by atoms with Crippen LogP contribution in [0.2, 0.25) is 5.02 Å². The van der Waals surface area contributed by atoms with Crippen molar-refractivity contribution in [3.05, 3.63) is 28.8 Å². The second-order valence-electron chi connectivity index (χ2n) is 7.64. The van der Waals surface area contributed by atoms with E-state index < -0.39 is 18.3 Å². The van der Waals surface area contributed by atoms with E-state index in [4.69, 9.17) is 20.9 Å². The highest BCUT2D eigenvalue weighted by molar-refractivity contribution is 6.65. The van der Waals surface area contributed by atoms with Crippen LogP contribution < -0.4 is 5.46 Å². The number of likely N-dealkylation sites (tertiary alicyclic amines) is 1. The number of carbonyl (C=O) groups is 1. The normalized spacial score (nSPS) is 23.0. The van der Waals surface area contributed by atoms with Gasteiger partial charge in [0.2, 0.25) is 0 Å². The highest BCUT2D eigenvalue weighted by Crippen LogP contribution is 2.37. The standard InChI is InChI=1S/C17H23BClNO3/c1-11-9-20(10-11)15(21)12-6-7-14(19)13(8-12)18-22-16(2,3)17(4,5)23-18/h6-8,11H,9-10H2,1-5H3. The van der Waals surface area contributed by atoms with Gasteiger partial charge in [-0.25, -0.2) is 0 Å². The molecule has 6 heteroatoms. The third kappa shape index (κ3) is 2.90. The van der Waals surface area contributed by atoms with Crippen molar-refractivity contribution in [1.29, 1.82) is 0 Å². The molecule has 124 valence electrons. The number of nitrogens with zero attached hydrogens (tertiary/aromatic N) is 1. The van der Waals surface area contributed by atoms with Crippen LogP contribution in [0, 0.1) is 5.92 Å². The van der Waals surface area contributed by atoms with Gasteiger partial charge in [-0.3, -0.25) is 4.79 Å². The summed E-state index contributed by atoms with van der Waals surface area (Å²) in [5.41, 5.74) is 0.470. The van der Waals surface area contributed by atoms with E-state index in [0.717, 1.165) is 13.1 Å². The fourth-order valence-electron chi connectivity index (χ4n) is 2.87. The molecule has 0 spiro atoms. The second kappa shape index (κ2) is 5.50. The van der Waals surface area contributed by atoms with Crippen molar-refractivity contribution in [3.8, 4) is 0 Å². The first-order valence-corrected chi connectivity index (χ1v) is 8.43. The minimum Gasteiger partial charge on any atom is -0.399 e. The summed E-state index contributed by atoms with van der Waals surface area (Å²) in [6.45, 7) is 11.8. The van der Waals surface area contributed by atoms with Crippen LogP contribution in [-0.2, 0) is 9.31 Å². The maximum atomic E-state index is 12.5. The van der Waals surface area contributed by atoms with E-state index in [9.17, 15) is 4.79 Å². The van der Waals surface area contributed by atoms with Crippen LogP contribution >= 0.6 is 11.6 Å². The molecular formula is C17H23BClNO3. The molecule has 23 heavy (non-hydrogen) atoms. The Hall–Kier alpha value is -1.04. The lowest BCUT2D eigenvalue weighted by atomic mass is 9.78. The van der Waals surface area contributed by atoms with Gasteiger partial charge in [-0.15, -0.1) is 0 Å². The van der Waals surface area contributed by atoms with Crippen LogP contribution in [-0.4, -0.2) is 42.2 Å². The molecule has 3 rings (SSSR count). The number of hydrogen-bond donors (Lipinski definition) is 0. The van der Waals surface area contributed by atoms with Crippen LogP contribution in [0.4, 0.5) is 0 Å². The van der Waals surface area contributed by atoms with Gasteiger partial charge in [0, 0.05) is 29.1 Å². The molecule has 0 unspecified atom stereocenters. The number of hydrogen-bond acceptors (Lipinski definition) is 3. The van der Waals surface area contributed by atoms with Crippen LogP contribution in [0.1, 0.15) is 45.0 Å². The van der Waals surface area contributed by atoms with E-state index in [-0.39, 0.29) is 5.91 Å². The number of carbonyl (C=O) groups excluding carboxylic acids is 1. The zero-order chi connectivity index (χ0) is 17.0. The molecular weight excluding hydrogens is 312 g/mol. The number of halogens is 1. The summed E-state index contributed by atoms with van der Waals surface area (Å²) in [5.74, 6) is 0.617. The van der Waals surface area contributed by atoms with Crippen LogP contribution in [0.25, 0.3) is 0 Å². The second-order valence-corrected chi connectivity index (χ2v) is 8.05. The van der Waals surface area contributed by atoms with E-state index in [1.165, 1.54) is 0 Å². The van der Waals surface area contributed by atoms with Crippen molar-refractivity contribution in [1.82, 2.24) is 4.90 Å². The molecule has 0 saturated carbocycles. The Morgan fingerprint density at radius 3 is 2.30 bits per heavy atom. The number of amides is 1. The zero-order valence-corrected chi connectivity index (χ0v) is 15.1. The van der Waals surface area contributed by atoms with E-state index in [1.54, 1.807) is 18.2 Å². The van der Waals surface area contributed by atoms with Gasteiger partial charge in [-0.2, -0.15) is 0 Å². The minimum atomic E-state index is -0.560. The van der Waals surface area contributed by atoms with Crippen molar-refractivity contribution < 1.29 is 14.1 Å². The monoisotopic (exact) mass is 335 g/mol. The predicted octanol–water partition coefficient (Wildman–Crippen LogP) is 2.73. The molecule has 0 atom stereocenters. The average Bonchev–Trinajstić information content (AvgIpc) is 2.63. The van der Waals surface area contributed by atoms with Crippen LogP contribution in [0.15, 0.2) is 18.2 Å². The zero-order valence-electron chi connectivity index (χ0n) is 14.4. The van der Waals surface area contributed by atoms with Crippen molar-refractivity contribution >= 4 is 30.1 Å². The molecule has 0 aliphatic carbocycles. The first-order chi connectivity index (χ1) is 10.6. The number of rotatable bonds is 2. The van der Waals surface area contributed by atoms with Gasteiger partial charge in [0.25, 0.3) is 5.91 Å². The van der Waals surface area contributed by atoms with Gasteiger partial charge in [-0.1, -0.05) is 18.5 Å². The molecule has 2 heterocycles. The first kappa shape index (κ1) is 16.8. The lowest BCUT2D eigenvalue weighted by Crippen LogP contribution is -2.49. The van der Waals surface area contributed by atoms with Crippen LogP contribution in [0.3, 0.4) is 0 Å². The molecule has 0 bridgehead atoms. The Labute approximate surface area is 143 Å². The fraction of sp³-hybridized carbons (Fsp3) is 0.588. The predicted molar refractivity (Wildman–Crippen MR) is 92.2 cm³/mol. The molecule has 0 N–H and O–H groups in total. The Bertz CT molecular complexity index is 625. The summed E-state index contributed by atoms with van der Waals surface area (Å²) >= 11 is 6.33. The molecule has 1 aromatic carbocycles. The first-order valence-electron chi connectivity index (χ1n) is 8.05. The summed E-state index contributed by atoms with van der Waals surface area (Å²) in [4.78, 5) is 14.4. The fourth-order valence-corrected chi connectivity index (χ4v) is 3.08. The third-order valence-corrected chi connectivity index (χ3v) is 5.45. The maximum Gasteiger partial charge on any atom is 0.496 e. The van der Waals surface area contributed by atoms with Gasteiger partial charge in [0.05, 0.1) is 11.2 Å². The highest BCUT2D eigenvalue weighted by atomic mass is 35.5. The molecule has 1 amide bonds. The lowest BCUT2D eigenvalue weighted by molar-refractivity contribution is 0.00578. The molecule has 0 radical (unpaired) electrons. The molecule has 2 fully saturated rings. The van der Waals surface area contributed by atoms with Crippen molar-refractivity contribution in [3.63, 3.8) is 0 Å². The molecule has 0 aromatic heterocycles. The third-order valence-electron chi connectivity index (χ3n) is 5.10. The van der Waals surface area contributed by atoms with Gasteiger partial charge < -0.3 is 14.2 Å². The molecule has 2 aliphatic heterocycles. The Morgan fingerprint density at radius 1 is 1.22 bits per heavy atom. The SMILES string of the molecule is CC1CN(C(=O)c2ccc(Cl)c(B3OC(C)(C)C(C)(C)O3)c2)C1. The smallest absolute Gasteiger partial charge is 0.399 e. The molecule has 1 aromatic rings. The maximum absolute atomic E-state index is 12.5. The van der Waals surface area contributed by atoms with Gasteiger partial charge in [0.1, 0.15) is 0 Å². The molecule has 2 aliphatic rings. The van der Waals surface area contributed by atoms with E-state index >= 15 is 0 Å². The van der Waals surface area contributed by atoms with Crippen molar-refractivity contribution in [2.75, 3.05) is 13.1 Å². The molecule has 2 saturated heterocycles. The topological polar surface area (TPSA) is 38.8 Å². The van der Waals surface area contributed by atoms with E-state index in [0.29, 0.717) is 22.0 Å². The highest BCUT2D eigenvalue weighted by Gasteiger charge is 2.52. The van der Waals surface area contributed by atoms with E-state index in [1.807, 2.05) is 32.6 Å². The van der Waals surface area contributed by atoms with E-state index in [2.05, 4.69) is 6.92 Å². The number of benzene rings is 1. The Morgan fingerprint density at radius 2 is 1.78 bits per heavy atom. The Balaban J connectivity index is 1.86. The van der Waals surface area contributed by atoms with Crippen LogP contribution in [0.5, 0.6) is 0 Å². The summed E-state index contributed by atoms with van der Waals surface area (Å²) in [6, 6.07) is 5.32. The van der Waals surface area contributed by atoms with Crippen molar-refractivity contribution in [2.24, 2.45) is 5.92 Å². The quantitative estimate of drug-likeness (QED) is 0.780. The van der Waals surface area contributed by atoms with Gasteiger partial charge in [-0.05, 0) is 51.8 Å². The van der Waals surface area contributed by atoms with Crippen molar-refractivity contribution in [2.45, 2.75) is 45.8 Å². The largest absolute Gasteiger partial charge is 0.496 e. The summed E-state index contributed by atoms with van der Waals surface area (Å²) in [6.07, 6.45) is 0.